The summed E-state index contributed by atoms with van der Waals surface area (Å²) in [6.07, 6.45) is 0. The fraction of sp³-hybridized carbons (Fsp3) is 0.0556. The third-order valence-corrected chi connectivity index (χ3v) is 4.19. The first-order valence-corrected chi connectivity index (χ1v) is 7.89. The van der Waals surface area contributed by atoms with Crippen molar-refractivity contribution < 1.29 is 9.59 Å². The fourth-order valence-electron chi connectivity index (χ4n) is 2.35. The first kappa shape index (κ1) is 14.9. The van der Waals surface area contributed by atoms with Crippen molar-refractivity contribution in [3.63, 3.8) is 0 Å². The summed E-state index contributed by atoms with van der Waals surface area (Å²) in [7, 11) is 0. The second-order valence-corrected chi connectivity index (χ2v) is 5.73. The van der Waals surface area contributed by atoms with Crippen molar-refractivity contribution in [2.24, 2.45) is 5.92 Å². The molecule has 1 N–H and O–H groups in total. The quantitative estimate of drug-likeness (QED) is 0.586. The summed E-state index contributed by atoms with van der Waals surface area (Å²) < 4.78 is 0. The molecular weight excluding hydrogens is 308 g/mol. The fourth-order valence-corrected chi connectivity index (χ4v) is 2.99. The molecule has 0 saturated carbocycles. The monoisotopic (exact) mass is 320 g/mol. The zero-order chi connectivity index (χ0) is 16.2. The highest BCUT2D eigenvalue weighted by Crippen LogP contribution is 2.24. The average molecular weight is 320 g/mol. The van der Waals surface area contributed by atoms with Gasteiger partial charge in [-0.05, 0) is 22.9 Å². The molecule has 0 aliphatic carbocycles. The number of nitrogens with one attached hydrogen (secondary N) is 1. The molecule has 4 nitrogen and oxygen atoms in total. The number of benzene rings is 2. The number of thiophene rings is 1. The summed E-state index contributed by atoms with van der Waals surface area (Å²) in [5, 5.41) is 17.1. The number of Topliss-reactive ketones (excluding diaryl/α,β-unsaturated/α-hetero) is 1. The molecule has 3 aromatic rings. The Morgan fingerprint density at radius 1 is 1.09 bits per heavy atom. The molecule has 2 aromatic carbocycles. The van der Waals surface area contributed by atoms with Gasteiger partial charge in [-0.25, -0.2) is 0 Å². The van der Waals surface area contributed by atoms with Crippen LogP contribution in [0.15, 0.2) is 59.3 Å². The zero-order valence-electron chi connectivity index (χ0n) is 12.0. The maximum Gasteiger partial charge on any atom is 0.249 e. The minimum absolute atomic E-state index is 0.384. The molecule has 23 heavy (non-hydrogen) atoms. The summed E-state index contributed by atoms with van der Waals surface area (Å²) in [6.45, 7) is 0. The molecule has 3 rings (SSSR count). The number of hydrogen-bond acceptors (Lipinski definition) is 4. The van der Waals surface area contributed by atoms with Crippen molar-refractivity contribution in [1.29, 1.82) is 5.26 Å². The second-order valence-electron chi connectivity index (χ2n) is 4.95. The molecule has 1 unspecified atom stereocenters. The molecular formula is C18H12N2O2S. The molecule has 5 heteroatoms. The standard InChI is InChI=1S/C18H12N2O2S/c19-10-15(17(21)13-8-9-23-11-13)18(22)20-16-7-3-5-12-4-1-2-6-14(12)16/h1-9,11,15H,(H,20,22). The van der Waals surface area contributed by atoms with E-state index in [4.69, 9.17) is 0 Å². The maximum absolute atomic E-state index is 12.4. The van der Waals surface area contributed by atoms with Gasteiger partial charge in [-0.15, -0.1) is 0 Å². The van der Waals surface area contributed by atoms with Crippen molar-refractivity contribution in [2.45, 2.75) is 0 Å². The number of fused-ring (bicyclic) bond motifs is 1. The van der Waals surface area contributed by atoms with E-state index in [9.17, 15) is 14.9 Å². The summed E-state index contributed by atoms with van der Waals surface area (Å²) in [4.78, 5) is 24.6. The number of nitrogens with zero attached hydrogens (tertiary/aromatic N) is 1. The van der Waals surface area contributed by atoms with Gasteiger partial charge in [0.05, 0.1) is 6.07 Å². The lowest BCUT2D eigenvalue weighted by molar-refractivity contribution is -0.117. The van der Waals surface area contributed by atoms with E-state index in [1.165, 1.54) is 11.3 Å². The predicted octanol–water partition coefficient (Wildman–Crippen LogP) is 3.86. The van der Waals surface area contributed by atoms with Crippen LogP contribution in [0.4, 0.5) is 5.69 Å². The van der Waals surface area contributed by atoms with Crippen LogP contribution >= 0.6 is 11.3 Å². The van der Waals surface area contributed by atoms with Crippen LogP contribution in [0.5, 0.6) is 0 Å². The number of anilines is 1. The molecule has 0 aliphatic heterocycles. The molecule has 0 radical (unpaired) electrons. The lowest BCUT2D eigenvalue weighted by atomic mass is 10.00. The van der Waals surface area contributed by atoms with Gasteiger partial charge >= 0.3 is 0 Å². The first-order chi connectivity index (χ1) is 11.2. The Bertz CT molecular complexity index is 905. The Balaban J connectivity index is 1.88. The van der Waals surface area contributed by atoms with Crippen molar-refractivity contribution in [2.75, 3.05) is 5.32 Å². The van der Waals surface area contributed by atoms with E-state index in [0.717, 1.165) is 10.8 Å². The van der Waals surface area contributed by atoms with Gasteiger partial charge in [0.2, 0.25) is 5.91 Å². The van der Waals surface area contributed by atoms with E-state index in [1.807, 2.05) is 36.4 Å². The molecule has 0 bridgehead atoms. The van der Waals surface area contributed by atoms with Crippen LogP contribution in [0.25, 0.3) is 10.8 Å². The van der Waals surface area contributed by atoms with Crippen molar-refractivity contribution in [1.82, 2.24) is 0 Å². The number of nitriles is 1. The van der Waals surface area contributed by atoms with Gasteiger partial charge in [0, 0.05) is 22.0 Å². The highest BCUT2D eigenvalue weighted by molar-refractivity contribution is 7.08. The average Bonchev–Trinajstić information content (AvgIpc) is 3.10. The van der Waals surface area contributed by atoms with E-state index in [2.05, 4.69) is 5.32 Å². The topological polar surface area (TPSA) is 70.0 Å². The van der Waals surface area contributed by atoms with Gasteiger partial charge in [0.25, 0.3) is 0 Å². The Hall–Kier alpha value is -2.97. The van der Waals surface area contributed by atoms with Crippen molar-refractivity contribution >= 4 is 39.5 Å². The molecule has 0 aliphatic rings. The van der Waals surface area contributed by atoms with Crippen LogP contribution in [0, 0.1) is 17.2 Å². The molecule has 1 amide bonds. The SMILES string of the molecule is N#CC(C(=O)Nc1cccc2ccccc12)C(=O)c1ccsc1. The van der Waals surface area contributed by atoms with E-state index in [0.29, 0.717) is 11.3 Å². The normalized spacial score (nSPS) is 11.6. The molecule has 1 heterocycles. The molecule has 1 atom stereocenters. The molecule has 0 spiro atoms. The molecule has 0 saturated heterocycles. The van der Waals surface area contributed by atoms with Gasteiger partial charge in [-0.3, -0.25) is 9.59 Å². The Morgan fingerprint density at radius 3 is 2.61 bits per heavy atom. The van der Waals surface area contributed by atoms with Gasteiger partial charge in [0.15, 0.2) is 11.7 Å². The molecule has 0 fully saturated rings. The van der Waals surface area contributed by atoms with Crippen LogP contribution in [0.3, 0.4) is 0 Å². The minimum Gasteiger partial charge on any atom is -0.324 e. The summed E-state index contributed by atoms with van der Waals surface area (Å²) in [6, 6.07) is 16.5. The van der Waals surface area contributed by atoms with Gasteiger partial charge in [0.1, 0.15) is 0 Å². The summed E-state index contributed by atoms with van der Waals surface area (Å²) in [5.74, 6) is -2.45. The number of ketones is 1. The predicted molar refractivity (Wildman–Crippen MR) is 90.3 cm³/mol. The van der Waals surface area contributed by atoms with Crippen LogP contribution < -0.4 is 5.32 Å². The van der Waals surface area contributed by atoms with Crippen LogP contribution in [-0.4, -0.2) is 11.7 Å². The molecule has 1 aromatic heterocycles. The Labute approximate surface area is 137 Å². The highest BCUT2D eigenvalue weighted by atomic mass is 32.1. The highest BCUT2D eigenvalue weighted by Gasteiger charge is 2.28. The number of rotatable bonds is 4. The first-order valence-electron chi connectivity index (χ1n) is 6.95. The van der Waals surface area contributed by atoms with Gasteiger partial charge < -0.3 is 5.32 Å². The minimum atomic E-state index is -1.36. The van der Waals surface area contributed by atoms with Crippen LogP contribution in [0.1, 0.15) is 10.4 Å². The van der Waals surface area contributed by atoms with E-state index < -0.39 is 17.6 Å². The largest absolute Gasteiger partial charge is 0.324 e. The smallest absolute Gasteiger partial charge is 0.249 e. The van der Waals surface area contributed by atoms with Gasteiger partial charge in [-0.1, -0.05) is 36.4 Å². The van der Waals surface area contributed by atoms with Crippen molar-refractivity contribution in [3.05, 3.63) is 64.9 Å². The number of hydrogen-bond donors (Lipinski definition) is 1. The lowest BCUT2D eigenvalue weighted by Crippen LogP contribution is -2.28. The third kappa shape index (κ3) is 2.98. The van der Waals surface area contributed by atoms with Gasteiger partial charge in [-0.2, -0.15) is 16.6 Å². The van der Waals surface area contributed by atoms with E-state index in [1.54, 1.807) is 29.0 Å². The van der Waals surface area contributed by atoms with E-state index >= 15 is 0 Å². The summed E-state index contributed by atoms with van der Waals surface area (Å²) >= 11 is 1.35. The van der Waals surface area contributed by atoms with E-state index in [-0.39, 0.29) is 0 Å². The zero-order valence-corrected chi connectivity index (χ0v) is 12.8. The number of carbonyl (C=O) groups is 2. The Morgan fingerprint density at radius 2 is 1.87 bits per heavy atom. The lowest BCUT2D eigenvalue weighted by Gasteiger charge is -2.11. The maximum atomic E-state index is 12.4. The van der Waals surface area contributed by atoms with Crippen LogP contribution in [0.2, 0.25) is 0 Å². The number of carbonyl (C=O) groups excluding carboxylic acids is 2. The summed E-state index contributed by atoms with van der Waals surface area (Å²) in [5.41, 5.74) is 0.973. The molecule has 112 valence electrons. The third-order valence-electron chi connectivity index (χ3n) is 3.51. The Kier molecular flexibility index (Phi) is 4.18. The number of amides is 1. The van der Waals surface area contributed by atoms with Crippen LogP contribution in [-0.2, 0) is 4.79 Å². The second kappa shape index (κ2) is 6.42. The van der Waals surface area contributed by atoms with Crippen molar-refractivity contribution in [3.8, 4) is 6.07 Å².